The minimum atomic E-state index is -3.02. The molecule has 3 fully saturated rings. The highest BCUT2D eigenvalue weighted by molar-refractivity contribution is 5.92. The molecule has 3 aliphatic rings. The Morgan fingerprint density at radius 1 is 1.07 bits per heavy atom. The maximum atomic E-state index is 13.1. The van der Waals surface area contributed by atoms with Gasteiger partial charge in [-0.15, -0.1) is 0 Å². The Bertz CT molecular complexity index is 1350. The Kier molecular flexibility index (Phi) is 9.55. The molecule has 1 aliphatic heterocycles. The van der Waals surface area contributed by atoms with Gasteiger partial charge in [0.05, 0.1) is 13.2 Å². The van der Waals surface area contributed by atoms with Crippen LogP contribution in [0.1, 0.15) is 67.9 Å². The van der Waals surface area contributed by atoms with Gasteiger partial charge < -0.3 is 29.3 Å². The van der Waals surface area contributed by atoms with Crippen LogP contribution in [0.15, 0.2) is 36.5 Å². The largest absolute Gasteiger partial charge is 0.489 e. The van der Waals surface area contributed by atoms with Gasteiger partial charge in [0.25, 0.3) is 5.91 Å². The lowest BCUT2D eigenvalue weighted by molar-refractivity contribution is -0.159. The van der Waals surface area contributed by atoms with Crippen molar-refractivity contribution in [3.63, 3.8) is 0 Å². The van der Waals surface area contributed by atoms with Crippen molar-refractivity contribution in [2.75, 3.05) is 38.2 Å². The Hall–Kier alpha value is -3.96. The predicted molar refractivity (Wildman–Crippen MR) is 158 cm³/mol. The van der Waals surface area contributed by atoms with Gasteiger partial charge in [-0.1, -0.05) is 25.3 Å². The van der Waals surface area contributed by atoms with Crippen molar-refractivity contribution in [2.45, 2.75) is 76.5 Å². The van der Waals surface area contributed by atoms with Crippen molar-refractivity contribution in [3.05, 3.63) is 47.8 Å². The SMILES string of the molecule is CC(=O)N1CCN(c2ccc(OC(F)F)c(OCC3CC3)c2)CC1(Cc1ccc(C(=O)N(C)C2CCCCC2)nc1)C(=O)O. The van der Waals surface area contributed by atoms with E-state index in [1.807, 2.05) is 4.90 Å². The van der Waals surface area contributed by atoms with Crippen molar-refractivity contribution in [3.8, 4) is 11.5 Å². The molecule has 2 heterocycles. The quantitative estimate of drug-likeness (QED) is 0.391. The van der Waals surface area contributed by atoms with Gasteiger partial charge in [-0.25, -0.2) is 4.79 Å². The van der Waals surface area contributed by atoms with Crippen LogP contribution in [0.25, 0.3) is 0 Å². The number of amides is 2. The Morgan fingerprint density at radius 2 is 1.82 bits per heavy atom. The van der Waals surface area contributed by atoms with Crippen LogP contribution < -0.4 is 14.4 Å². The second kappa shape index (κ2) is 13.4. The summed E-state index contributed by atoms with van der Waals surface area (Å²) in [4.78, 5) is 48.2. The summed E-state index contributed by atoms with van der Waals surface area (Å²) in [7, 11) is 1.79. The van der Waals surface area contributed by atoms with E-state index in [1.54, 1.807) is 36.2 Å². The predicted octanol–water partition coefficient (Wildman–Crippen LogP) is 4.61. The van der Waals surface area contributed by atoms with Gasteiger partial charge in [0.15, 0.2) is 17.0 Å². The monoisotopic (exact) mass is 614 g/mol. The maximum Gasteiger partial charge on any atom is 0.387 e. The number of carboxylic acid groups (broad SMARTS) is 1. The summed E-state index contributed by atoms with van der Waals surface area (Å²) in [5.74, 6) is -1.30. The van der Waals surface area contributed by atoms with Gasteiger partial charge in [0.2, 0.25) is 5.91 Å². The van der Waals surface area contributed by atoms with E-state index < -0.39 is 18.1 Å². The van der Waals surface area contributed by atoms with Crippen LogP contribution in [0.3, 0.4) is 0 Å². The number of hydrogen-bond acceptors (Lipinski definition) is 7. The molecule has 0 spiro atoms. The van der Waals surface area contributed by atoms with Crippen molar-refractivity contribution in [1.29, 1.82) is 0 Å². The number of rotatable bonds is 11. The molecule has 0 radical (unpaired) electrons. The summed E-state index contributed by atoms with van der Waals surface area (Å²) in [6.45, 7) is -0.914. The first-order chi connectivity index (χ1) is 21.1. The van der Waals surface area contributed by atoms with E-state index >= 15 is 0 Å². The molecule has 10 nitrogen and oxygen atoms in total. The van der Waals surface area contributed by atoms with Crippen molar-refractivity contribution in [1.82, 2.24) is 14.8 Å². The molecular formula is C32H40F2N4O6. The van der Waals surface area contributed by atoms with Crippen LogP contribution in [0.2, 0.25) is 0 Å². The Balaban J connectivity index is 1.38. The molecule has 12 heteroatoms. The molecule has 2 amide bonds. The summed E-state index contributed by atoms with van der Waals surface area (Å²) < 4.78 is 36.6. The van der Waals surface area contributed by atoms with Crippen LogP contribution in [0, 0.1) is 5.92 Å². The fraction of sp³-hybridized carbons (Fsp3) is 0.562. The normalized spacial score (nSPS) is 20.8. The van der Waals surface area contributed by atoms with E-state index in [2.05, 4.69) is 9.72 Å². The van der Waals surface area contributed by atoms with Crippen molar-refractivity contribution < 1.29 is 37.7 Å². The lowest BCUT2D eigenvalue weighted by Gasteiger charge is -2.48. The number of alkyl halides is 2. The summed E-state index contributed by atoms with van der Waals surface area (Å²) in [5, 5.41) is 10.6. The number of anilines is 1. The summed E-state index contributed by atoms with van der Waals surface area (Å²) >= 11 is 0. The molecule has 2 aliphatic carbocycles. The molecule has 1 unspecified atom stereocenters. The highest BCUT2D eigenvalue weighted by Gasteiger charge is 2.50. The van der Waals surface area contributed by atoms with E-state index in [0.717, 1.165) is 38.5 Å². The van der Waals surface area contributed by atoms with Crippen LogP contribution in [0.4, 0.5) is 14.5 Å². The number of benzene rings is 1. The lowest BCUT2D eigenvalue weighted by Crippen LogP contribution is -2.68. The highest BCUT2D eigenvalue weighted by Crippen LogP contribution is 2.38. The minimum absolute atomic E-state index is 0.0457. The highest BCUT2D eigenvalue weighted by atomic mass is 19.3. The average molecular weight is 615 g/mol. The summed E-state index contributed by atoms with van der Waals surface area (Å²) in [6.07, 6.45) is 8.79. The number of aromatic nitrogens is 1. The third-order valence-electron chi connectivity index (χ3n) is 9.00. The van der Waals surface area contributed by atoms with E-state index in [-0.39, 0.29) is 54.6 Å². The third kappa shape index (κ3) is 7.05. The van der Waals surface area contributed by atoms with Crippen LogP contribution in [-0.2, 0) is 16.0 Å². The number of carbonyl (C=O) groups is 3. The van der Waals surface area contributed by atoms with Gasteiger partial charge in [-0.3, -0.25) is 14.6 Å². The first-order valence-electron chi connectivity index (χ1n) is 15.3. The third-order valence-corrected chi connectivity index (χ3v) is 9.00. The van der Waals surface area contributed by atoms with Gasteiger partial charge >= 0.3 is 12.6 Å². The van der Waals surface area contributed by atoms with Gasteiger partial charge in [-0.2, -0.15) is 8.78 Å². The fourth-order valence-corrected chi connectivity index (χ4v) is 6.30. The summed E-state index contributed by atoms with van der Waals surface area (Å²) in [6, 6.07) is 8.05. The minimum Gasteiger partial charge on any atom is -0.489 e. The van der Waals surface area contributed by atoms with E-state index in [9.17, 15) is 28.3 Å². The first-order valence-corrected chi connectivity index (χ1v) is 15.3. The van der Waals surface area contributed by atoms with Crippen LogP contribution >= 0.6 is 0 Å². The Morgan fingerprint density at radius 3 is 2.43 bits per heavy atom. The molecule has 1 aromatic carbocycles. The molecule has 1 saturated heterocycles. The smallest absolute Gasteiger partial charge is 0.387 e. The van der Waals surface area contributed by atoms with Gasteiger partial charge in [0.1, 0.15) is 5.69 Å². The number of hydrogen-bond donors (Lipinski definition) is 1. The average Bonchev–Trinajstić information content (AvgIpc) is 3.85. The zero-order valence-electron chi connectivity index (χ0n) is 25.2. The number of pyridine rings is 1. The molecule has 5 rings (SSSR count). The molecule has 1 N–H and O–H groups in total. The van der Waals surface area contributed by atoms with Crippen LogP contribution in [0.5, 0.6) is 11.5 Å². The second-order valence-corrected chi connectivity index (χ2v) is 12.1. The topological polar surface area (TPSA) is 113 Å². The molecule has 1 aromatic heterocycles. The van der Waals surface area contributed by atoms with E-state index in [1.165, 1.54) is 30.5 Å². The van der Waals surface area contributed by atoms with Crippen LogP contribution in [-0.4, -0.2) is 89.2 Å². The molecule has 2 saturated carbocycles. The molecule has 2 aromatic rings. The standard InChI is InChI=1S/C32H40F2N4O6/c1-21(39)38-15-14-37(25-11-13-27(44-31(33)34)28(16-25)43-19-22-8-9-22)20-32(38,30(41)42)17-23-10-12-26(35-18-23)29(40)36(2)24-6-4-3-5-7-24/h10-13,16,18,22,24,31H,3-9,14-15,17,19-20H2,1-2H3,(H,41,42). The molecular weight excluding hydrogens is 574 g/mol. The molecule has 1 atom stereocenters. The Labute approximate surface area is 255 Å². The zero-order valence-corrected chi connectivity index (χ0v) is 25.2. The number of carboxylic acids is 1. The second-order valence-electron chi connectivity index (χ2n) is 12.1. The van der Waals surface area contributed by atoms with Gasteiger partial charge in [0, 0.05) is 57.5 Å². The maximum absolute atomic E-state index is 13.1. The number of halogens is 2. The number of ether oxygens (including phenoxy) is 2. The zero-order chi connectivity index (χ0) is 31.4. The van der Waals surface area contributed by atoms with Gasteiger partial charge in [-0.05, 0) is 55.4 Å². The lowest BCUT2D eigenvalue weighted by atomic mass is 9.86. The number of carbonyl (C=O) groups excluding carboxylic acids is 2. The number of nitrogens with zero attached hydrogens (tertiary/aromatic N) is 4. The van der Waals surface area contributed by atoms with E-state index in [0.29, 0.717) is 30.3 Å². The number of piperazine rings is 1. The van der Waals surface area contributed by atoms with Crippen molar-refractivity contribution in [2.24, 2.45) is 5.92 Å². The summed E-state index contributed by atoms with van der Waals surface area (Å²) in [5.41, 5.74) is -0.240. The molecule has 238 valence electrons. The fourth-order valence-electron chi connectivity index (χ4n) is 6.30. The van der Waals surface area contributed by atoms with Crippen molar-refractivity contribution >= 4 is 23.5 Å². The first kappa shape index (κ1) is 31.5. The molecule has 0 bridgehead atoms. The number of aliphatic carboxylic acids is 1. The van der Waals surface area contributed by atoms with E-state index in [4.69, 9.17) is 4.74 Å². The molecule has 44 heavy (non-hydrogen) atoms.